The van der Waals surface area contributed by atoms with Gasteiger partial charge in [0.2, 0.25) is 0 Å². The fraction of sp³-hybridized carbons (Fsp3) is 0.538. The number of nitrogens with zero attached hydrogens (tertiary/aromatic N) is 1. The molecule has 7 heteroatoms. The summed E-state index contributed by atoms with van der Waals surface area (Å²) in [6.07, 6.45) is 1.37. The van der Waals surface area contributed by atoms with Gasteiger partial charge in [0.15, 0.2) is 0 Å². The lowest BCUT2D eigenvalue weighted by Crippen LogP contribution is -2.49. The number of nitrogens with one attached hydrogen (secondary N) is 1. The van der Waals surface area contributed by atoms with Gasteiger partial charge in [0.1, 0.15) is 0 Å². The maximum atomic E-state index is 12.4. The topological polar surface area (TPSA) is 58.6 Å². The molecule has 1 fully saturated rings. The van der Waals surface area contributed by atoms with Crippen molar-refractivity contribution in [1.29, 1.82) is 0 Å². The highest BCUT2D eigenvalue weighted by Crippen LogP contribution is 2.20. The molecule has 110 valence electrons. The van der Waals surface area contributed by atoms with Crippen LogP contribution in [0.3, 0.4) is 0 Å². The molecule has 2 heterocycles. The zero-order valence-electron chi connectivity index (χ0n) is 11.2. The zero-order valence-corrected chi connectivity index (χ0v) is 14.2. The van der Waals surface area contributed by atoms with E-state index in [-0.39, 0.29) is 11.9 Å². The number of likely N-dealkylation sites (tertiary alicyclic amines) is 1. The Morgan fingerprint density at radius 1 is 1.60 bits per heavy atom. The summed E-state index contributed by atoms with van der Waals surface area (Å²) in [4.78, 5) is 25.6. The van der Waals surface area contributed by atoms with Crippen molar-refractivity contribution in [2.45, 2.75) is 25.8 Å². The fourth-order valence-electron chi connectivity index (χ4n) is 2.22. The van der Waals surface area contributed by atoms with E-state index in [1.807, 2.05) is 11.4 Å². The van der Waals surface area contributed by atoms with Gasteiger partial charge in [-0.2, -0.15) is 0 Å². The summed E-state index contributed by atoms with van der Waals surface area (Å²) in [6.45, 7) is 3.42. The Labute approximate surface area is 135 Å². The Hall–Kier alpha value is -0.830. The monoisotopic (exact) mass is 408 g/mol. The summed E-state index contributed by atoms with van der Waals surface area (Å²) in [5, 5.41) is 4.69. The molecule has 1 unspecified atom stereocenters. The van der Waals surface area contributed by atoms with Crippen molar-refractivity contribution < 1.29 is 14.3 Å². The fourth-order valence-corrected chi connectivity index (χ4v) is 3.54. The number of carbonyl (C=O) groups excluding carboxylic acids is 2. The minimum absolute atomic E-state index is 0.0237. The van der Waals surface area contributed by atoms with Gasteiger partial charge in [-0.1, -0.05) is 0 Å². The first-order chi connectivity index (χ1) is 9.60. The molecule has 0 spiro atoms. The van der Waals surface area contributed by atoms with Gasteiger partial charge in [0.25, 0.3) is 5.91 Å². The van der Waals surface area contributed by atoms with Crippen molar-refractivity contribution >= 4 is 45.9 Å². The molecule has 1 aliphatic heterocycles. The van der Waals surface area contributed by atoms with Crippen LogP contribution in [0.5, 0.6) is 0 Å². The highest BCUT2D eigenvalue weighted by molar-refractivity contribution is 14.1. The molecule has 0 aromatic carbocycles. The normalized spacial score (nSPS) is 18.7. The van der Waals surface area contributed by atoms with Crippen LogP contribution in [0.15, 0.2) is 11.4 Å². The molecule has 1 aromatic heterocycles. The van der Waals surface area contributed by atoms with E-state index in [0.717, 1.165) is 27.8 Å². The average molecular weight is 408 g/mol. The lowest BCUT2D eigenvalue weighted by atomic mass is 10.1. The predicted molar refractivity (Wildman–Crippen MR) is 86.1 cm³/mol. The number of carbonyl (C=O) groups is 2. The summed E-state index contributed by atoms with van der Waals surface area (Å²) < 4.78 is 5.98. The third-order valence-corrected chi connectivity index (χ3v) is 4.91. The zero-order chi connectivity index (χ0) is 14.5. The van der Waals surface area contributed by atoms with E-state index in [9.17, 15) is 9.59 Å². The maximum absolute atomic E-state index is 12.4. The largest absolute Gasteiger partial charge is 0.450 e. The first-order valence-corrected chi connectivity index (χ1v) is 8.52. The van der Waals surface area contributed by atoms with Crippen molar-refractivity contribution in [3.63, 3.8) is 0 Å². The summed E-state index contributed by atoms with van der Waals surface area (Å²) in [5.41, 5.74) is 0.733. The number of ether oxygens (including phenoxy) is 1. The molecule has 20 heavy (non-hydrogen) atoms. The van der Waals surface area contributed by atoms with Crippen LogP contribution in [0, 0.1) is 2.88 Å². The number of alkyl carbamates (subject to hydrolysis) is 1. The molecular formula is C13H17IN2O3S. The number of hydrogen-bond acceptors (Lipinski definition) is 4. The minimum atomic E-state index is -0.406. The molecule has 0 aliphatic carbocycles. The average Bonchev–Trinajstić information content (AvgIpc) is 2.85. The van der Waals surface area contributed by atoms with E-state index in [4.69, 9.17) is 4.74 Å². The Bertz CT molecular complexity index is 492. The van der Waals surface area contributed by atoms with E-state index in [2.05, 4.69) is 27.9 Å². The molecule has 1 saturated heterocycles. The van der Waals surface area contributed by atoms with Crippen LogP contribution < -0.4 is 5.32 Å². The quantitative estimate of drug-likeness (QED) is 0.783. The molecule has 1 N–H and O–H groups in total. The molecule has 2 rings (SSSR count). The molecule has 0 bridgehead atoms. The van der Waals surface area contributed by atoms with Crippen molar-refractivity contribution in [3.8, 4) is 0 Å². The number of halogens is 1. The Morgan fingerprint density at radius 2 is 2.40 bits per heavy atom. The van der Waals surface area contributed by atoms with Gasteiger partial charge in [-0.05, 0) is 48.4 Å². The number of rotatable bonds is 3. The highest BCUT2D eigenvalue weighted by atomic mass is 127. The first kappa shape index (κ1) is 15.6. The van der Waals surface area contributed by atoms with Crippen molar-refractivity contribution in [2.75, 3.05) is 19.7 Å². The van der Waals surface area contributed by atoms with Crippen LogP contribution in [-0.4, -0.2) is 42.6 Å². The lowest BCUT2D eigenvalue weighted by Gasteiger charge is -2.32. The van der Waals surface area contributed by atoms with Crippen LogP contribution in [0.1, 0.15) is 30.1 Å². The van der Waals surface area contributed by atoms with Crippen LogP contribution in [0.25, 0.3) is 0 Å². The molecule has 1 aromatic rings. The van der Waals surface area contributed by atoms with Crippen LogP contribution >= 0.6 is 33.9 Å². The summed E-state index contributed by atoms with van der Waals surface area (Å²) in [6, 6.07) is 1.88. The second-order valence-electron chi connectivity index (χ2n) is 4.59. The standard InChI is InChI=1S/C13H17IN2O3S/c1-2-19-13(18)15-10-4-3-5-16(7-10)12(17)9-6-11(14)20-8-9/h6,8,10H,2-5,7H2,1H3,(H,15,18). The number of hydrogen-bond donors (Lipinski definition) is 1. The van der Waals surface area contributed by atoms with Crippen LogP contribution in [0.2, 0.25) is 0 Å². The minimum Gasteiger partial charge on any atom is -0.450 e. The van der Waals surface area contributed by atoms with E-state index in [1.165, 1.54) is 0 Å². The molecule has 0 radical (unpaired) electrons. The summed E-state index contributed by atoms with van der Waals surface area (Å²) in [7, 11) is 0. The van der Waals surface area contributed by atoms with E-state index in [0.29, 0.717) is 13.2 Å². The lowest BCUT2D eigenvalue weighted by molar-refractivity contribution is 0.0686. The van der Waals surface area contributed by atoms with E-state index >= 15 is 0 Å². The van der Waals surface area contributed by atoms with Crippen molar-refractivity contribution in [3.05, 3.63) is 19.9 Å². The molecule has 0 saturated carbocycles. The predicted octanol–water partition coefficient (Wildman–Crippen LogP) is 2.70. The SMILES string of the molecule is CCOC(=O)NC1CCCN(C(=O)c2csc(I)c2)C1. The van der Waals surface area contributed by atoms with Gasteiger partial charge in [-0.15, -0.1) is 11.3 Å². The third kappa shape index (κ3) is 4.08. The van der Waals surface area contributed by atoms with Gasteiger partial charge >= 0.3 is 6.09 Å². The van der Waals surface area contributed by atoms with E-state index < -0.39 is 6.09 Å². The van der Waals surface area contributed by atoms with E-state index in [1.54, 1.807) is 23.2 Å². The number of piperidine rings is 1. The molecule has 5 nitrogen and oxygen atoms in total. The van der Waals surface area contributed by atoms with Gasteiger partial charge < -0.3 is 15.0 Å². The van der Waals surface area contributed by atoms with Gasteiger partial charge in [0.05, 0.1) is 15.1 Å². The summed E-state index contributed by atoms with van der Waals surface area (Å²) in [5.74, 6) is 0.0412. The maximum Gasteiger partial charge on any atom is 0.407 e. The van der Waals surface area contributed by atoms with Crippen molar-refractivity contribution in [1.82, 2.24) is 10.2 Å². The molecule has 1 aliphatic rings. The molecular weight excluding hydrogens is 391 g/mol. The van der Waals surface area contributed by atoms with Crippen molar-refractivity contribution in [2.24, 2.45) is 0 Å². The Balaban J connectivity index is 1.93. The molecule has 1 atom stereocenters. The van der Waals surface area contributed by atoms with Crippen LogP contribution in [-0.2, 0) is 4.74 Å². The Kier molecular flexibility index (Phi) is 5.64. The Morgan fingerprint density at radius 3 is 3.05 bits per heavy atom. The van der Waals surface area contributed by atoms with Gasteiger partial charge in [-0.3, -0.25) is 4.79 Å². The van der Waals surface area contributed by atoms with Gasteiger partial charge in [0, 0.05) is 24.5 Å². The van der Waals surface area contributed by atoms with Crippen LogP contribution in [0.4, 0.5) is 4.79 Å². The second-order valence-corrected chi connectivity index (χ2v) is 7.40. The number of thiophene rings is 1. The highest BCUT2D eigenvalue weighted by Gasteiger charge is 2.26. The first-order valence-electron chi connectivity index (χ1n) is 6.56. The molecule has 2 amide bonds. The summed E-state index contributed by atoms with van der Waals surface area (Å²) >= 11 is 3.77. The third-order valence-electron chi connectivity index (χ3n) is 3.12. The second kappa shape index (κ2) is 7.26. The smallest absolute Gasteiger partial charge is 0.407 e. The number of amides is 2. The van der Waals surface area contributed by atoms with Gasteiger partial charge in [-0.25, -0.2) is 4.79 Å².